The van der Waals surface area contributed by atoms with Gasteiger partial charge in [-0.25, -0.2) is 0 Å². The van der Waals surface area contributed by atoms with E-state index < -0.39 is 24.4 Å². The van der Waals surface area contributed by atoms with Crippen LogP contribution < -0.4 is 0 Å². The molecule has 30 heavy (non-hydrogen) atoms. The number of unbranched alkanes of at least 4 members (excludes halogenated alkanes) is 13. The van der Waals surface area contributed by atoms with Gasteiger partial charge >= 0.3 is 0 Å². The Kier molecular flexibility index (Phi) is 17.7. The summed E-state index contributed by atoms with van der Waals surface area (Å²) in [5, 5.41) is 28.8. The molecule has 0 radical (unpaired) electrons. The molecule has 0 unspecified atom stereocenters. The second-order valence-corrected chi connectivity index (χ2v) is 8.71. The van der Waals surface area contributed by atoms with Gasteiger partial charge in [0.15, 0.2) is 0 Å². The van der Waals surface area contributed by atoms with Gasteiger partial charge in [0.25, 0.3) is 0 Å². The van der Waals surface area contributed by atoms with Crippen LogP contribution in [-0.2, 0) is 9.47 Å². The first-order valence-electron chi connectivity index (χ1n) is 12.6. The van der Waals surface area contributed by atoms with Gasteiger partial charge < -0.3 is 24.8 Å². The van der Waals surface area contributed by atoms with E-state index in [1.165, 1.54) is 77.0 Å². The van der Waals surface area contributed by atoms with Crippen molar-refractivity contribution in [2.45, 2.75) is 128 Å². The fourth-order valence-electron chi connectivity index (χ4n) is 4.03. The van der Waals surface area contributed by atoms with Crippen LogP contribution in [0.25, 0.3) is 0 Å². The van der Waals surface area contributed by atoms with Crippen LogP contribution in [0.15, 0.2) is 12.2 Å². The normalized spacial score (nSPS) is 22.9. The highest BCUT2D eigenvalue weighted by molar-refractivity contribution is 4.88. The molecular formula is C25H48O5. The fraction of sp³-hybridized carbons (Fsp3) is 0.920. The van der Waals surface area contributed by atoms with Crippen LogP contribution in [0.4, 0.5) is 0 Å². The molecule has 1 rings (SSSR count). The lowest BCUT2D eigenvalue weighted by Gasteiger charge is -2.24. The molecule has 1 fully saturated rings. The summed E-state index contributed by atoms with van der Waals surface area (Å²) < 4.78 is 11.0. The summed E-state index contributed by atoms with van der Waals surface area (Å²) in [5.41, 5.74) is 0. The van der Waals surface area contributed by atoms with Gasteiger partial charge in [0.05, 0.1) is 13.2 Å². The van der Waals surface area contributed by atoms with Crippen molar-refractivity contribution in [3.05, 3.63) is 12.2 Å². The van der Waals surface area contributed by atoms with E-state index in [0.29, 0.717) is 6.61 Å². The minimum atomic E-state index is -0.977. The first-order valence-corrected chi connectivity index (χ1v) is 12.6. The van der Waals surface area contributed by atoms with Gasteiger partial charge in [0, 0.05) is 6.61 Å². The number of rotatable bonds is 20. The third-order valence-corrected chi connectivity index (χ3v) is 5.99. The van der Waals surface area contributed by atoms with Crippen LogP contribution in [0, 0.1) is 0 Å². The summed E-state index contributed by atoms with van der Waals surface area (Å²) >= 11 is 0. The Morgan fingerprint density at radius 2 is 1.37 bits per heavy atom. The second kappa shape index (κ2) is 19.2. The number of hydrogen-bond donors (Lipinski definition) is 3. The van der Waals surface area contributed by atoms with E-state index >= 15 is 0 Å². The fourth-order valence-corrected chi connectivity index (χ4v) is 4.03. The van der Waals surface area contributed by atoms with Gasteiger partial charge in [-0.1, -0.05) is 89.7 Å². The zero-order chi connectivity index (χ0) is 21.9. The minimum Gasteiger partial charge on any atom is -0.394 e. The lowest BCUT2D eigenvalue weighted by atomic mass is 10.0. The van der Waals surface area contributed by atoms with Crippen molar-refractivity contribution in [3.8, 4) is 0 Å². The van der Waals surface area contributed by atoms with Crippen molar-refractivity contribution in [3.63, 3.8) is 0 Å². The smallest absolute Gasteiger partial charge is 0.114 e. The number of aliphatic hydroxyl groups excluding tert-OH is 3. The van der Waals surface area contributed by atoms with Crippen LogP contribution in [0.3, 0.4) is 0 Å². The molecule has 0 bridgehead atoms. The van der Waals surface area contributed by atoms with Gasteiger partial charge in [0.1, 0.15) is 24.4 Å². The van der Waals surface area contributed by atoms with Gasteiger partial charge in [-0.2, -0.15) is 0 Å². The lowest BCUT2D eigenvalue weighted by molar-refractivity contribution is -0.101. The molecule has 0 aromatic carbocycles. The molecule has 1 saturated heterocycles. The van der Waals surface area contributed by atoms with Gasteiger partial charge in [-0.05, 0) is 25.7 Å². The van der Waals surface area contributed by atoms with Crippen molar-refractivity contribution in [1.82, 2.24) is 0 Å². The van der Waals surface area contributed by atoms with E-state index in [9.17, 15) is 15.3 Å². The molecule has 0 saturated carbocycles. The SMILES string of the molecule is CC/C=C/CCCCCCCCCCCCCCCO[C@H](CO)[C@H]1OC[C@H](O)[C@H]1O. The highest BCUT2D eigenvalue weighted by Gasteiger charge is 2.40. The standard InChI is InChI=1S/C25H48O5/c1-2-3-4-5-6-7-8-9-10-11-12-13-14-15-16-17-18-19-29-23(20-26)25-24(28)22(27)21-30-25/h3-4,22-28H,2,5-21H2,1H3/b4-3+/t22-,23+,24+,25+/m0/s1. The van der Waals surface area contributed by atoms with Gasteiger partial charge in [-0.3, -0.25) is 0 Å². The third kappa shape index (κ3) is 13.1. The summed E-state index contributed by atoms with van der Waals surface area (Å²) in [6.45, 7) is 2.64. The van der Waals surface area contributed by atoms with E-state index in [1.54, 1.807) is 0 Å². The van der Waals surface area contributed by atoms with E-state index in [4.69, 9.17) is 9.47 Å². The summed E-state index contributed by atoms with van der Waals surface area (Å²) in [4.78, 5) is 0. The van der Waals surface area contributed by atoms with E-state index in [0.717, 1.165) is 19.3 Å². The first kappa shape index (κ1) is 27.6. The Balaban J connectivity index is 1.81. The zero-order valence-electron chi connectivity index (χ0n) is 19.4. The molecule has 1 heterocycles. The quantitative estimate of drug-likeness (QED) is 0.190. The third-order valence-electron chi connectivity index (χ3n) is 5.99. The molecule has 0 spiro atoms. The van der Waals surface area contributed by atoms with Crippen LogP contribution >= 0.6 is 0 Å². The number of ether oxygens (including phenoxy) is 2. The second-order valence-electron chi connectivity index (χ2n) is 8.71. The van der Waals surface area contributed by atoms with Crippen LogP contribution in [0.1, 0.15) is 103 Å². The molecule has 1 aliphatic rings. The number of hydrogen-bond acceptors (Lipinski definition) is 5. The van der Waals surface area contributed by atoms with E-state index in [2.05, 4.69) is 19.1 Å². The lowest BCUT2D eigenvalue weighted by Crippen LogP contribution is -2.42. The van der Waals surface area contributed by atoms with E-state index in [-0.39, 0.29) is 13.2 Å². The highest BCUT2D eigenvalue weighted by atomic mass is 16.6. The van der Waals surface area contributed by atoms with Crippen LogP contribution in [0.2, 0.25) is 0 Å². The Bertz CT molecular complexity index is 401. The van der Waals surface area contributed by atoms with E-state index in [1.807, 2.05) is 0 Å². The van der Waals surface area contributed by atoms with Gasteiger partial charge in [-0.15, -0.1) is 0 Å². The maximum atomic E-state index is 9.84. The monoisotopic (exact) mass is 428 g/mol. The summed E-state index contributed by atoms with van der Waals surface area (Å²) in [6.07, 6.45) is 20.9. The topological polar surface area (TPSA) is 79.2 Å². The average molecular weight is 429 g/mol. The molecule has 5 nitrogen and oxygen atoms in total. The van der Waals surface area contributed by atoms with Crippen molar-refractivity contribution >= 4 is 0 Å². The molecule has 5 heteroatoms. The summed E-state index contributed by atoms with van der Waals surface area (Å²) in [7, 11) is 0. The molecule has 0 aromatic heterocycles. The molecule has 3 N–H and O–H groups in total. The molecule has 0 amide bonds. The molecule has 0 aromatic rings. The Morgan fingerprint density at radius 3 is 1.83 bits per heavy atom. The van der Waals surface area contributed by atoms with Gasteiger partial charge in [0.2, 0.25) is 0 Å². The summed E-state index contributed by atoms with van der Waals surface area (Å²) in [6, 6.07) is 0. The maximum Gasteiger partial charge on any atom is 0.114 e. The van der Waals surface area contributed by atoms with Crippen molar-refractivity contribution in [1.29, 1.82) is 0 Å². The van der Waals surface area contributed by atoms with Crippen LogP contribution in [0.5, 0.6) is 0 Å². The Morgan fingerprint density at radius 1 is 0.833 bits per heavy atom. The van der Waals surface area contributed by atoms with Crippen LogP contribution in [-0.4, -0.2) is 59.6 Å². The Labute approximate surface area is 184 Å². The molecule has 0 aliphatic carbocycles. The predicted molar refractivity (Wildman–Crippen MR) is 123 cm³/mol. The maximum absolute atomic E-state index is 9.84. The largest absolute Gasteiger partial charge is 0.394 e. The minimum absolute atomic E-state index is 0.0998. The van der Waals surface area contributed by atoms with Crippen molar-refractivity contribution in [2.75, 3.05) is 19.8 Å². The highest BCUT2D eigenvalue weighted by Crippen LogP contribution is 2.20. The zero-order valence-corrected chi connectivity index (χ0v) is 19.4. The predicted octanol–water partition coefficient (Wildman–Crippen LogP) is 4.91. The average Bonchev–Trinajstić information content (AvgIpc) is 3.08. The Hall–Kier alpha value is -0.460. The molecule has 4 atom stereocenters. The molecule has 1 aliphatic heterocycles. The van der Waals surface area contributed by atoms with Crippen molar-refractivity contribution in [2.24, 2.45) is 0 Å². The number of aliphatic hydroxyl groups is 3. The van der Waals surface area contributed by atoms with Crippen molar-refractivity contribution < 1.29 is 24.8 Å². The molecule has 178 valence electrons. The number of allylic oxidation sites excluding steroid dienone is 2. The first-order chi connectivity index (χ1) is 14.7. The summed E-state index contributed by atoms with van der Waals surface area (Å²) in [5.74, 6) is 0. The molecular weight excluding hydrogens is 380 g/mol.